The Morgan fingerprint density at radius 1 is 1.53 bits per heavy atom. The molecule has 0 aromatic heterocycles. The fourth-order valence-electron chi connectivity index (χ4n) is 1.85. The Bertz CT molecular complexity index is 246. The molecule has 0 aromatic carbocycles. The first-order valence-corrected chi connectivity index (χ1v) is 6.36. The zero-order chi connectivity index (χ0) is 11.3. The molecule has 1 N–H and O–H groups in total. The van der Waals surface area contributed by atoms with E-state index >= 15 is 0 Å². The van der Waals surface area contributed by atoms with E-state index in [0.29, 0.717) is 18.3 Å². The maximum absolute atomic E-state index is 11.6. The van der Waals surface area contributed by atoms with E-state index in [1.54, 1.807) is 0 Å². The highest BCUT2D eigenvalue weighted by molar-refractivity contribution is 9.09. The van der Waals surface area contributed by atoms with Crippen LogP contribution >= 0.6 is 15.9 Å². The van der Waals surface area contributed by atoms with E-state index in [2.05, 4.69) is 21.2 Å². The lowest BCUT2D eigenvalue weighted by Gasteiger charge is -2.33. The molecule has 0 aliphatic carbocycles. The molecule has 15 heavy (non-hydrogen) atoms. The first-order chi connectivity index (χ1) is 7.13. The Morgan fingerprint density at radius 3 is 2.87 bits per heavy atom. The van der Waals surface area contributed by atoms with E-state index in [4.69, 9.17) is 0 Å². The minimum absolute atomic E-state index is 0.0187. The number of nitrogens with zero attached hydrogens (tertiary/aromatic N) is 1. The second-order valence-electron chi connectivity index (χ2n) is 3.82. The van der Waals surface area contributed by atoms with Crippen LogP contribution in [0.3, 0.4) is 0 Å². The van der Waals surface area contributed by atoms with Crippen molar-refractivity contribution in [2.45, 2.75) is 32.2 Å². The molecule has 1 unspecified atom stereocenters. The van der Waals surface area contributed by atoms with Gasteiger partial charge in [-0.05, 0) is 12.8 Å². The van der Waals surface area contributed by atoms with Crippen molar-refractivity contribution in [2.75, 3.05) is 18.4 Å². The summed E-state index contributed by atoms with van der Waals surface area (Å²) in [6.45, 7) is 2.99. The van der Waals surface area contributed by atoms with Crippen molar-refractivity contribution in [1.82, 2.24) is 10.2 Å². The first kappa shape index (κ1) is 12.5. The number of alkyl halides is 1. The van der Waals surface area contributed by atoms with Gasteiger partial charge in [-0.15, -0.1) is 0 Å². The van der Waals surface area contributed by atoms with Crippen LogP contribution in [0.5, 0.6) is 0 Å². The van der Waals surface area contributed by atoms with Gasteiger partial charge in [-0.1, -0.05) is 15.9 Å². The van der Waals surface area contributed by atoms with Crippen LogP contribution in [0, 0.1) is 0 Å². The molecule has 1 aliphatic rings. The van der Waals surface area contributed by atoms with Gasteiger partial charge in [0.15, 0.2) is 0 Å². The highest BCUT2D eigenvalue weighted by atomic mass is 79.9. The molecule has 1 rings (SSSR count). The fraction of sp³-hybridized carbons (Fsp3) is 0.800. The molecule has 1 saturated heterocycles. The van der Waals surface area contributed by atoms with Crippen LogP contribution in [0.2, 0.25) is 0 Å². The highest BCUT2D eigenvalue weighted by Gasteiger charge is 2.23. The lowest BCUT2D eigenvalue weighted by Crippen LogP contribution is -2.49. The summed E-state index contributed by atoms with van der Waals surface area (Å²) in [5, 5.41) is 3.57. The summed E-state index contributed by atoms with van der Waals surface area (Å²) < 4.78 is 0. The number of nitrogens with one attached hydrogen (secondary N) is 1. The van der Waals surface area contributed by atoms with Crippen LogP contribution in [-0.4, -0.2) is 41.2 Å². The molecule has 0 radical (unpaired) electrons. The molecule has 1 fully saturated rings. The monoisotopic (exact) mass is 276 g/mol. The molecular weight excluding hydrogens is 260 g/mol. The molecular formula is C10H17BrN2O2. The molecule has 1 aliphatic heterocycles. The molecule has 5 heteroatoms. The number of likely N-dealkylation sites (tertiary alicyclic amines) is 1. The standard InChI is InChI=1S/C10H17BrN2O2/c1-8(14)12-9-3-2-6-13(7-9)10(15)4-5-11/h9H,2-7H2,1H3,(H,12,14). The number of piperidine rings is 1. The lowest BCUT2D eigenvalue weighted by molar-refractivity contribution is -0.133. The smallest absolute Gasteiger partial charge is 0.223 e. The molecule has 0 spiro atoms. The third kappa shape index (κ3) is 4.20. The molecule has 0 aromatic rings. The summed E-state index contributed by atoms with van der Waals surface area (Å²) >= 11 is 3.25. The number of carbonyl (C=O) groups excluding carboxylic acids is 2. The van der Waals surface area contributed by atoms with Crippen molar-refractivity contribution in [3.8, 4) is 0 Å². The van der Waals surface area contributed by atoms with Crippen molar-refractivity contribution in [3.63, 3.8) is 0 Å². The fourth-order valence-corrected chi connectivity index (χ4v) is 2.19. The average molecular weight is 277 g/mol. The zero-order valence-corrected chi connectivity index (χ0v) is 10.5. The average Bonchev–Trinajstić information content (AvgIpc) is 2.17. The van der Waals surface area contributed by atoms with Crippen molar-refractivity contribution >= 4 is 27.7 Å². The Kier molecular flexibility index (Phi) is 5.08. The van der Waals surface area contributed by atoms with Crippen LogP contribution in [-0.2, 0) is 9.59 Å². The van der Waals surface area contributed by atoms with E-state index < -0.39 is 0 Å². The number of hydrogen-bond donors (Lipinski definition) is 1. The van der Waals surface area contributed by atoms with Crippen molar-refractivity contribution in [2.24, 2.45) is 0 Å². The normalized spacial score (nSPS) is 21.2. The van der Waals surface area contributed by atoms with Gasteiger partial charge in [0.05, 0.1) is 0 Å². The van der Waals surface area contributed by atoms with Crippen LogP contribution in [0.4, 0.5) is 0 Å². The number of rotatable bonds is 3. The maximum Gasteiger partial charge on any atom is 0.223 e. The Balaban J connectivity index is 2.41. The maximum atomic E-state index is 11.6. The predicted molar refractivity (Wildman–Crippen MR) is 61.8 cm³/mol. The Hall–Kier alpha value is -0.580. The molecule has 1 atom stereocenters. The molecule has 2 amide bonds. The van der Waals surface area contributed by atoms with Crippen LogP contribution in [0.15, 0.2) is 0 Å². The predicted octanol–water partition coefficient (Wildman–Crippen LogP) is 0.899. The SMILES string of the molecule is CC(=O)NC1CCCN(C(=O)CCBr)C1. The quantitative estimate of drug-likeness (QED) is 0.779. The second kappa shape index (κ2) is 6.10. The number of hydrogen-bond acceptors (Lipinski definition) is 2. The second-order valence-corrected chi connectivity index (χ2v) is 4.61. The number of halogens is 1. The van der Waals surface area contributed by atoms with E-state index in [9.17, 15) is 9.59 Å². The van der Waals surface area contributed by atoms with Crippen LogP contribution in [0.25, 0.3) is 0 Å². The third-order valence-corrected chi connectivity index (χ3v) is 2.89. The van der Waals surface area contributed by atoms with Gasteiger partial charge in [-0.2, -0.15) is 0 Å². The minimum atomic E-state index is -0.0187. The lowest BCUT2D eigenvalue weighted by atomic mass is 10.1. The number of carbonyl (C=O) groups is 2. The first-order valence-electron chi connectivity index (χ1n) is 5.24. The van der Waals surface area contributed by atoms with E-state index in [0.717, 1.165) is 19.4 Å². The van der Waals surface area contributed by atoms with E-state index in [1.807, 2.05) is 4.90 Å². The Labute approximate surface area is 98.5 Å². The van der Waals surface area contributed by atoms with E-state index in [-0.39, 0.29) is 17.9 Å². The summed E-state index contributed by atoms with van der Waals surface area (Å²) in [5.41, 5.74) is 0. The van der Waals surface area contributed by atoms with E-state index in [1.165, 1.54) is 6.92 Å². The Morgan fingerprint density at radius 2 is 2.27 bits per heavy atom. The molecule has 0 saturated carbocycles. The van der Waals surface area contributed by atoms with Gasteiger partial charge in [-0.25, -0.2) is 0 Å². The summed E-state index contributed by atoms with van der Waals surface area (Å²) in [7, 11) is 0. The van der Waals surface area contributed by atoms with Gasteiger partial charge in [0, 0.05) is 37.8 Å². The molecule has 4 nitrogen and oxygen atoms in total. The van der Waals surface area contributed by atoms with Crippen molar-refractivity contribution in [1.29, 1.82) is 0 Å². The largest absolute Gasteiger partial charge is 0.352 e. The van der Waals surface area contributed by atoms with Crippen molar-refractivity contribution in [3.05, 3.63) is 0 Å². The summed E-state index contributed by atoms with van der Waals surface area (Å²) in [5.74, 6) is 0.150. The minimum Gasteiger partial charge on any atom is -0.352 e. The topological polar surface area (TPSA) is 49.4 Å². The van der Waals surface area contributed by atoms with Gasteiger partial charge >= 0.3 is 0 Å². The van der Waals surface area contributed by atoms with Gasteiger partial charge < -0.3 is 10.2 Å². The highest BCUT2D eigenvalue weighted by Crippen LogP contribution is 2.11. The summed E-state index contributed by atoms with van der Waals surface area (Å²) in [6.07, 6.45) is 2.48. The van der Waals surface area contributed by atoms with Gasteiger partial charge in [-0.3, -0.25) is 9.59 Å². The molecule has 0 bridgehead atoms. The molecule has 86 valence electrons. The van der Waals surface area contributed by atoms with Gasteiger partial charge in [0.1, 0.15) is 0 Å². The van der Waals surface area contributed by atoms with Gasteiger partial charge in [0.2, 0.25) is 11.8 Å². The number of amides is 2. The van der Waals surface area contributed by atoms with Crippen molar-refractivity contribution < 1.29 is 9.59 Å². The van der Waals surface area contributed by atoms with Crippen LogP contribution < -0.4 is 5.32 Å². The zero-order valence-electron chi connectivity index (χ0n) is 8.96. The summed E-state index contributed by atoms with van der Waals surface area (Å²) in [4.78, 5) is 24.3. The third-order valence-electron chi connectivity index (χ3n) is 2.49. The summed E-state index contributed by atoms with van der Waals surface area (Å²) in [6, 6.07) is 0.135. The van der Waals surface area contributed by atoms with Gasteiger partial charge in [0.25, 0.3) is 0 Å². The molecule has 1 heterocycles. The van der Waals surface area contributed by atoms with Crippen LogP contribution in [0.1, 0.15) is 26.2 Å².